The highest BCUT2D eigenvalue weighted by molar-refractivity contribution is 6.36. The van der Waals surface area contributed by atoms with Gasteiger partial charge < -0.3 is 10.6 Å². The molecule has 0 saturated carbocycles. The number of nitrogens with two attached hydrogens (primary N) is 1. The summed E-state index contributed by atoms with van der Waals surface area (Å²) in [6, 6.07) is 15.2. The maximum atomic E-state index is 12.3. The molecule has 1 amide bonds. The Morgan fingerprint density at radius 3 is 2.55 bits per heavy atom. The van der Waals surface area contributed by atoms with Crippen molar-refractivity contribution in [3.8, 4) is 0 Å². The number of carbonyl (C=O) groups excluding carboxylic acids is 1. The average Bonchev–Trinajstić information content (AvgIpc) is 2.48. The van der Waals surface area contributed by atoms with Crippen molar-refractivity contribution in [2.24, 2.45) is 0 Å². The SMILES string of the molecule is CN(CCc1ccccc1)C(=O)c1cccc(N)c1Cl. The number of amides is 1. The molecule has 0 radical (unpaired) electrons. The van der Waals surface area contributed by atoms with Gasteiger partial charge in [0, 0.05) is 13.6 Å². The van der Waals surface area contributed by atoms with E-state index in [9.17, 15) is 4.79 Å². The van der Waals surface area contributed by atoms with Crippen LogP contribution in [0.4, 0.5) is 5.69 Å². The maximum Gasteiger partial charge on any atom is 0.255 e. The van der Waals surface area contributed by atoms with Crippen molar-refractivity contribution in [1.29, 1.82) is 0 Å². The second-order valence-corrected chi connectivity index (χ2v) is 5.05. The van der Waals surface area contributed by atoms with Crippen molar-refractivity contribution in [3.63, 3.8) is 0 Å². The number of anilines is 1. The standard InChI is InChI=1S/C16H17ClN2O/c1-19(11-10-12-6-3-2-4-7-12)16(20)13-8-5-9-14(18)15(13)17/h2-9H,10-11,18H2,1H3. The highest BCUT2D eigenvalue weighted by atomic mass is 35.5. The molecule has 0 aromatic heterocycles. The van der Waals surface area contributed by atoms with E-state index in [4.69, 9.17) is 17.3 Å². The van der Waals surface area contributed by atoms with Crippen molar-refractivity contribution in [1.82, 2.24) is 4.90 Å². The molecule has 2 aromatic rings. The predicted molar refractivity (Wildman–Crippen MR) is 83.0 cm³/mol. The third-order valence-electron chi connectivity index (χ3n) is 3.18. The summed E-state index contributed by atoms with van der Waals surface area (Å²) in [4.78, 5) is 14.0. The summed E-state index contributed by atoms with van der Waals surface area (Å²) in [6.07, 6.45) is 0.809. The van der Waals surface area contributed by atoms with Gasteiger partial charge in [-0.25, -0.2) is 0 Å². The van der Waals surface area contributed by atoms with Gasteiger partial charge >= 0.3 is 0 Å². The Balaban J connectivity index is 2.04. The van der Waals surface area contributed by atoms with Crippen LogP contribution in [0.1, 0.15) is 15.9 Å². The Morgan fingerprint density at radius 1 is 1.15 bits per heavy atom. The van der Waals surface area contributed by atoms with Gasteiger partial charge in [0.2, 0.25) is 0 Å². The van der Waals surface area contributed by atoms with Crippen LogP contribution in [-0.4, -0.2) is 24.4 Å². The lowest BCUT2D eigenvalue weighted by atomic mass is 10.1. The van der Waals surface area contributed by atoms with Crippen molar-refractivity contribution in [3.05, 3.63) is 64.7 Å². The first-order chi connectivity index (χ1) is 9.59. The average molecular weight is 289 g/mol. The number of halogens is 1. The van der Waals surface area contributed by atoms with Crippen LogP contribution in [0.3, 0.4) is 0 Å². The number of hydrogen-bond donors (Lipinski definition) is 1. The van der Waals surface area contributed by atoms with Gasteiger partial charge in [0.05, 0.1) is 16.3 Å². The van der Waals surface area contributed by atoms with Crippen LogP contribution in [-0.2, 0) is 6.42 Å². The molecule has 0 aliphatic rings. The number of nitrogen functional groups attached to an aromatic ring is 1. The second-order valence-electron chi connectivity index (χ2n) is 4.67. The van der Waals surface area contributed by atoms with Crippen LogP contribution in [0.15, 0.2) is 48.5 Å². The Kier molecular flexibility index (Phi) is 4.64. The van der Waals surface area contributed by atoms with Gasteiger partial charge in [0.15, 0.2) is 0 Å². The van der Waals surface area contributed by atoms with Crippen LogP contribution in [0.2, 0.25) is 5.02 Å². The largest absolute Gasteiger partial charge is 0.398 e. The summed E-state index contributed by atoms with van der Waals surface area (Å²) in [5.41, 5.74) is 7.79. The zero-order valence-electron chi connectivity index (χ0n) is 11.3. The van der Waals surface area contributed by atoms with Gasteiger partial charge in [-0.3, -0.25) is 4.79 Å². The Labute approximate surface area is 124 Å². The molecular formula is C16H17ClN2O. The number of carbonyl (C=O) groups is 1. The van der Waals surface area contributed by atoms with E-state index in [2.05, 4.69) is 0 Å². The normalized spacial score (nSPS) is 10.3. The molecule has 0 heterocycles. The molecule has 0 atom stereocenters. The monoisotopic (exact) mass is 288 g/mol. The smallest absolute Gasteiger partial charge is 0.255 e. The molecule has 0 bridgehead atoms. The second kappa shape index (κ2) is 6.44. The Bertz CT molecular complexity index is 599. The number of hydrogen-bond acceptors (Lipinski definition) is 2. The molecule has 3 nitrogen and oxygen atoms in total. The van der Waals surface area contributed by atoms with Crippen LogP contribution in [0.5, 0.6) is 0 Å². The van der Waals surface area contributed by atoms with Crippen molar-refractivity contribution >= 4 is 23.2 Å². The summed E-state index contributed by atoms with van der Waals surface area (Å²) in [5.74, 6) is -0.113. The molecule has 0 saturated heterocycles. The minimum absolute atomic E-state index is 0.113. The van der Waals surface area contributed by atoms with Crippen LogP contribution >= 0.6 is 11.6 Å². The fraction of sp³-hybridized carbons (Fsp3) is 0.188. The third-order valence-corrected chi connectivity index (χ3v) is 3.61. The third kappa shape index (κ3) is 3.31. The van der Waals surface area contributed by atoms with E-state index in [0.29, 0.717) is 22.8 Å². The van der Waals surface area contributed by atoms with E-state index in [1.807, 2.05) is 30.3 Å². The fourth-order valence-electron chi connectivity index (χ4n) is 1.96. The molecule has 4 heteroatoms. The van der Waals surface area contributed by atoms with Crippen molar-refractivity contribution < 1.29 is 4.79 Å². The van der Waals surface area contributed by atoms with E-state index in [1.54, 1.807) is 30.1 Å². The summed E-state index contributed by atoms with van der Waals surface area (Å²) >= 11 is 6.08. The van der Waals surface area contributed by atoms with Crippen LogP contribution in [0, 0.1) is 0 Å². The van der Waals surface area contributed by atoms with Crippen molar-refractivity contribution in [2.45, 2.75) is 6.42 Å². The molecule has 0 spiro atoms. The van der Waals surface area contributed by atoms with E-state index < -0.39 is 0 Å². The number of nitrogens with zero attached hydrogens (tertiary/aromatic N) is 1. The molecule has 0 fully saturated rings. The summed E-state index contributed by atoms with van der Waals surface area (Å²) in [6.45, 7) is 0.633. The number of rotatable bonds is 4. The predicted octanol–water partition coefficient (Wildman–Crippen LogP) is 3.24. The topological polar surface area (TPSA) is 46.3 Å². The maximum absolute atomic E-state index is 12.3. The van der Waals surface area contributed by atoms with Gasteiger partial charge in [-0.05, 0) is 24.1 Å². The zero-order chi connectivity index (χ0) is 14.5. The molecule has 0 unspecified atom stereocenters. The van der Waals surface area contributed by atoms with Crippen molar-refractivity contribution in [2.75, 3.05) is 19.3 Å². The van der Waals surface area contributed by atoms with Gasteiger partial charge in [-0.2, -0.15) is 0 Å². The number of benzene rings is 2. The minimum atomic E-state index is -0.113. The zero-order valence-corrected chi connectivity index (χ0v) is 12.1. The first kappa shape index (κ1) is 14.4. The highest BCUT2D eigenvalue weighted by Crippen LogP contribution is 2.24. The van der Waals surface area contributed by atoms with Gasteiger partial charge in [-0.1, -0.05) is 48.0 Å². The van der Waals surface area contributed by atoms with E-state index in [0.717, 1.165) is 6.42 Å². The molecular weight excluding hydrogens is 272 g/mol. The molecule has 0 aliphatic carbocycles. The van der Waals surface area contributed by atoms with Crippen LogP contribution < -0.4 is 5.73 Å². The van der Waals surface area contributed by atoms with E-state index in [-0.39, 0.29) is 5.91 Å². The van der Waals surface area contributed by atoms with E-state index >= 15 is 0 Å². The molecule has 20 heavy (non-hydrogen) atoms. The van der Waals surface area contributed by atoms with Gasteiger partial charge in [0.1, 0.15) is 0 Å². The Hall–Kier alpha value is -2.00. The first-order valence-electron chi connectivity index (χ1n) is 6.43. The lowest BCUT2D eigenvalue weighted by Crippen LogP contribution is -2.29. The quantitative estimate of drug-likeness (QED) is 0.878. The lowest BCUT2D eigenvalue weighted by Gasteiger charge is -2.18. The fourth-order valence-corrected chi connectivity index (χ4v) is 2.17. The Morgan fingerprint density at radius 2 is 1.85 bits per heavy atom. The van der Waals surface area contributed by atoms with Crippen LogP contribution in [0.25, 0.3) is 0 Å². The first-order valence-corrected chi connectivity index (χ1v) is 6.81. The lowest BCUT2D eigenvalue weighted by molar-refractivity contribution is 0.0797. The minimum Gasteiger partial charge on any atom is -0.398 e. The van der Waals surface area contributed by atoms with Gasteiger partial charge in [0.25, 0.3) is 5.91 Å². The summed E-state index contributed by atoms with van der Waals surface area (Å²) in [7, 11) is 1.77. The molecule has 2 aromatic carbocycles. The number of likely N-dealkylation sites (N-methyl/N-ethyl adjacent to an activating group) is 1. The molecule has 104 valence electrons. The molecule has 0 aliphatic heterocycles. The van der Waals surface area contributed by atoms with E-state index in [1.165, 1.54) is 5.56 Å². The van der Waals surface area contributed by atoms with Gasteiger partial charge in [-0.15, -0.1) is 0 Å². The highest BCUT2D eigenvalue weighted by Gasteiger charge is 2.16. The summed E-state index contributed by atoms with van der Waals surface area (Å²) < 4.78 is 0. The molecule has 2 N–H and O–H groups in total. The molecule has 2 rings (SSSR count). The summed E-state index contributed by atoms with van der Waals surface area (Å²) in [5, 5.41) is 0.323.